The van der Waals surface area contributed by atoms with E-state index in [0.29, 0.717) is 22.1 Å². The number of rotatable bonds is 4. The van der Waals surface area contributed by atoms with Gasteiger partial charge in [-0.25, -0.2) is 4.79 Å². The van der Waals surface area contributed by atoms with Crippen LogP contribution in [-0.4, -0.2) is 11.8 Å². The van der Waals surface area contributed by atoms with Gasteiger partial charge in [-0.3, -0.25) is 4.79 Å². The van der Waals surface area contributed by atoms with Gasteiger partial charge < -0.3 is 9.47 Å². The van der Waals surface area contributed by atoms with Crippen molar-refractivity contribution in [1.82, 2.24) is 0 Å². The third kappa shape index (κ3) is 4.45. The first-order valence-corrected chi connectivity index (χ1v) is 9.25. The van der Waals surface area contributed by atoms with Crippen molar-refractivity contribution in [3.63, 3.8) is 0 Å². The van der Waals surface area contributed by atoms with Gasteiger partial charge in [-0.1, -0.05) is 54.1 Å². The van der Waals surface area contributed by atoms with Crippen LogP contribution >= 0.6 is 11.6 Å². The van der Waals surface area contributed by atoms with Gasteiger partial charge in [0.25, 0.3) is 0 Å². The summed E-state index contributed by atoms with van der Waals surface area (Å²) in [6, 6.07) is 21.2. The molecular weight excluding hydrogens is 388 g/mol. The molecule has 1 aliphatic heterocycles. The van der Waals surface area contributed by atoms with Crippen molar-refractivity contribution in [2.75, 3.05) is 0 Å². The van der Waals surface area contributed by atoms with Crippen molar-refractivity contribution in [3.05, 3.63) is 106 Å². The fraction of sp³-hybridized carbons (Fsp3) is 0. The minimum Gasteiger partial charge on any atom is -0.452 e. The Morgan fingerprint density at radius 2 is 1.69 bits per heavy atom. The van der Waals surface area contributed by atoms with Crippen molar-refractivity contribution in [2.24, 2.45) is 0 Å². The fourth-order valence-corrected chi connectivity index (χ4v) is 2.95. The lowest BCUT2D eigenvalue weighted by Crippen LogP contribution is -2.03. The van der Waals surface area contributed by atoms with Crippen molar-refractivity contribution in [3.8, 4) is 11.5 Å². The molecule has 0 bridgehead atoms. The van der Waals surface area contributed by atoms with E-state index in [2.05, 4.69) is 0 Å². The first kappa shape index (κ1) is 18.7. The average Bonchev–Trinajstić information content (AvgIpc) is 3.04. The molecule has 0 saturated carbocycles. The number of Topliss-reactive ketones (excluding diaryl/α,β-unsaturated/α-hetero) is 1. The number of esters is 1. The number of allylic oxidation sites excluding steroid dienone is 1. The van der Waals surface area contributed by atoms with E-state index in [0.717, 1.165) is 11.1 Å². The number of ketones is 1. The maximum absolute atomic E-state index is 12.5. The minimum absolute atomic E-state index is 0.203. The lowest BCUT2D eigenvalue weighted by molar-refractivity contribution is -0.128. The van der Waals surface area contributed by atoms with Gasteiger partial charge in [0.1, 0.15) is 11.5 Å². The smallest absolute Gasteiger partial charge is 0.336 e. The number of hydrogen-bond donors (Lipinski definition) is 0. The summed E-state index contributed by atoms with van der Waals surface area (Å²) in [6.07, 6.45) is 4.66. The number of ether oxygens (including phenoxy) is 2. The zero-order chi connectivity index (χ0) is 20.2. The first-order valence-electron chi connectivity index (χ1n) is 8.87. The Morgan fingerprint density at radius 1 is 0.931 bits per heavy atom. The van der Waals surface area contributed by atoms with E-state index in [4.69, 9.17) is 21.1 Å². The molecule has 0 fully saturated rings. The summed E-state index contributed by atoms with van der Waals surface area (Å²) in [4.78, 5) is 24.6. The van der Waals surface area contributed by atoms with E-state index in [1.165, 1.54) is 12.1 Å². The summed E-state index contributed by atoms with van der Waals surface area (Å²) in [5.41, 5.74) is 2.11. The third-order valence-electron chi connectivity index (χ3n) is 4.24. The van der Waals surface area contributed by atoms with Crippen LogP contribution < -0.4 is 9.47 Å². The van der Waals surface area contributed by atoms with E-state index in [1.54, 1.807) is 48.6 Å². The highest BCUT2D eigenvalue weighted by Gasteiger charge is 2.27. The zero-order valence-corrected chi connectivity index (χ0v) is 15.9. The van der Waals surface area contributed by atoms with Gasteiger partial charge in [-0.2, -0.15) is 0 Å². The highest BCUT2D eigenvalue weighted by Crippen LogP contribution is 2.35. The van der Waals surface area contributed by atoms with Crippen LogP contribution in [0.5, 0.6) is 11.5 Å². The molecule has 0 amide bonds. The lowest BCUT2D eigenvalue weighted by atomic mass is 10.1. The van der Waals surface area contributed by atoms with Crippen LogP contribution in [0.15, 0.2) is 84.6 Å². The van der Waals surface area contributed by atoms with Gasteiger partial charge in [0.05, 0.1) is 5.56 Å². The highest BCUT2D eigenvalue weighted by molar-refractivity contribution is 6.30. The normalized spacial score (nSPS) is 14.1. The summed E-state index contributed by atoms with van der Waals surface area (Å²) < 4.78 is 11.0. The second-order valence-electron chi connectivity index (χ2n) is 6.31. The maximum Gasteiger partial charge on any atom is 0.336 e. The van der Waals surface area contributed by atoms with E-state index >= 15 is 0 Å². The molecule has 3 aromatic carbocycles. The van der Waals surface area contributed by atoms with Crippen LogP contribution in [-0.2, 0) is 4.79 Å². The second-order valence-corrected chi connectivity index (χ2v) is 6.75. The number of fused-ring (bicyclic) bond motifs is 1. The number of benzene rings is 3. The maximum atomic E-state index is 12.5. The average molecular weight is 403 g/mol. The molecule has 142 valence electrons. The molecule has 0 atom stereocenters. The van der Waals surface area contributed by atoms with Crippen LogP contribution in [0.25, 0.3) is 12.2 Å². The van der Waals surface area contributed by atoms with Gasteiger partial charge in [0.2, 0.25) is 5.78 Å². The molecule has 0 aromatic heterocycles. The van der Waals surface area contributed by atoms with E-state index < -0.39 is 5.97 Å². The van der Waals surface area contributed by atoms with Gasteiger partial charge in [-0.05, 0) is 47.5 Å². The van der Waals surface area contributed by atoms with Crippen molar-refractivity contribution < 1.29 is 19.1 Å². The molecule has 1 heterocycles. The van der Waals surface area contributed by atoms with Crippen LogP contribution in [0.3, 0.4) is 0 Å². The predicted molar refractivity (Wildman–Crippen MR) is 112 cm³/mol. The Hall–Kier alpha value is -3.63. The Labute approximate surface area is 172 Å². The number of carbonyl (C=O) groups is 2. The highest BCUT2D eigenvalue weighted by atomic mass is 35.5. The molecular formula is C24H15ClO4. The van der Waals surface area contributed by atoms with Crippen molar-refractivity contribution >= 4 is 35.5 Å². The third-order valence-corrected chi connectivity index (χ3v) is 4.49. The summed E-state index contributed by atoms with van der Waals surface area (Å²) >= 11 is 5.88. The minimum atomic E-state index is -0.518. The van der Waals surface area contributed by atoms with Crippen LogP contribution in [0.2, 0.25) is 5.02 Å². The standard InChI is InChI=1S/C24H15ClO4/c25-18-9-6-17(7-10-18)14-22-24(27)20-12-11-19(15-21(20)29-22)28-23(26)13-8-16-4-2-1-3-5-16/h1-15H. The molecule has 29 heavy (non-hydrogen) atoms. The van der Waals surface area contributed by atoms with Crippen molar-refractivity contribution in [2.45, 2.75) is 0 Å². The van der Waals surface area contributed by atoms with Gasteiger partial charge in [-0.15, -0.1) is 0 Å². The quantitative estimate of drug-likeness (QED) is 0.325. The summed E-state index contributed by atoms with van der Waals surface area (Å²) in [5, 5.41) is 0.613. The van der Waals surface area contributed by atoms with Crippen LogP contribution in [0.1, 0.15) is 21.5 Å². The molecule has 0 N–H and O–H groups in total. The molecule has 0 aliphatic carbocycles. The Balaban J connectivity index is 1.48. The molecule has 1 aliphatic rings. The van der Waals surface area contributed by atoms with Gasteiger partial charge in [0, 0.05) is 17.2 Å². The number of carbonyl (C=O) groups excluding carboxylic acids is 2. The molecule has 4 rings (SSSR count). The molecule has 0 spiro atoms. The van der Waals surface area contributed by atoms with Crippen LogP contribution in [0.4, 0.5) is 0 Å². The summed E-state index contributed by atoms with van der Waals surface area (Å²) in [7, 11) is 0. The summed E-state index contributed by atoms with van der Waals surface area (Å²) in [6.45, 7) is 0. The Bertz CT molecular complexity index is 1130. The van der Waals surface area contributed by atoms with Gasteiger partial charge in [0.15, 0.2) is 5.76 Å². The predicted octanol–water partition coefficient (Wildman–Crippen LogP) is 5.58. The lowest BCUT2D eigenvalue weighted by Gasteiger charge is -2.03. The number of halogens is 1. The topological polar surface area (TPSA) is 52.6 Å². The molecule has 0 unspecified atom stereocenters. The Morgan fingerprint density at radius 3 is 2.45 bits per heavy atom. The van der Waals surface area contributed by atoms with Crippen LogP contribution in [0, 0.1) is 0 Å². The first-order chi connectivity index (χ1) is 14.1. The second kappa shape index (κ2) is 8.17. The molecule has 3 aromatic rings. The van der Waals surface area contributed by atoms with Crippen molar-refractivity contribution in [1.29, 1.82) is 0 Å². The molecule has 0 radical (unpaired) electrons. The largest absolute Gasteiger partial charge is 0.452 e. The molecule has 4 nitrogen and oxygen atoms in total. The fourth-order valence-electron chi connectivity index (χ4n) is 2.82. The molecule has 0 saturated heterocycles. The van der Waals surface area contributed by atoms with Gasteiger partial charge >= 0.3 is 5.97 Å². The van der Waals surface area contributed by atoms with E-state index in [-0.39, 0.29) is 11.5 Å². The zero-order valence-electron chi connectivity index (χ0n) is 15.2. The molecule has 5 heteroatoms. The van der Waals surface area contributed by atoms with E-state index in [9.17, 15) is 9.59 Å². The SMILES string of the molecule is O=C(C=Cc1ccccc1)Oc1ccc2c(c1)OC(=Cc1ccc(Cl)cc1)C2=O. The van der Waals surface area contributed by atoms with E-state index in [1.807, 2.05) is 30.3 Å². The summed E-state index contributed by atoms with van der Waals surface area (Å²) in [5.74, 6) is 0.112. The Kier molecular flexibility index (Phi) is 5.27. The monoisotopic (exact) mass is 402 g/mol. The number of hydrogen-bond acceptors (Lipinski definition) is 4.